The molecule has 0 saturated carbocycles. The number of para-hydroxylation sites is 1. The second kappa shape index (κ2) is 3.44. The minimum absolute atomic E-state index is 0.102. The van der Waals surface area contributed by atoms with Gasteiger partial charge in [-0.2, -0.15) is 0 Å². The van der Waals surface area contributed by atoms with Crippen LogP contribution < -0.4 is 10.0 Å². The largest absolute Gasteiger partial charge is 0.386 e. The van der Waals surface area contributed by atoms with Crippen LogP contribution in [0.25, 0.3) is 0 Å². The van der Waals surface area contributed by atoms with Crippen LogP contribution in [0.4, 0.5) is 5.69 Å². The van der Waals surface area contributed by atoms with Gasteiger partial charge in [-0.25, -0.2) is 13.6 Å². The van der Waals surface area contributed by atoms with E-state index in [1.165, 1.54) is 6.07 Å². The molecule has 0 radical (unpaired) electrons. The summed E-state index contributed by atoms with van der Waals surface area (Å²) in [5.41, 5.74) is -0.192. The number of nitrogens with zero attached hydrogens (tertiary/aromatic N) is 1. The molecule has 0 aliphatic carbocycles. The molecule has 1 aromatic carbocycles. The molecule has 1 aromatic rings. The standard InChI is InChI=1S/C10H14N2O3S/c1-10(13)6-12(7-10)8-4-2-3-5-9(8)16(11,14)15/h2-5,13H,6-7H2,1H3,(H2,11,14,15). The van der Waals surface area contributed by atoms with Gasteiger partial charge < -0.3 is 10.0 Å². The summed E-state index contributed by atoms with van der Waals surface area (Å²) in [5, 5.41) is 14.7. The number of primary sulfonamides is 1. The molecular formula is C10H14N2O3S. The predicted molar refractivity (Wildman–Crippen MR) is 60.7 cm³/mol. The van der Waals surface area contributed by atoms with Gasteiger partial charge >= 0.3 is 0 Å². The van der Waals surface area contributed by atoms with E-state index in [4.69, 9.17) is 5.14 Å². The Kier molecular flexibility index (Phi) is 2.45. The summed E-state index contributed by atoms with van der Waals surface area (Å²) < 4.78 is 22.7. The Morgan fingerprint density at radius 1 is 1.38 bits per heavy atom. The van der Waals surface area contributed by atoms with Crippen molar-refractivity contribution in [2.45, 2.75) is 17.4 Å². The third-order valence-electron chi connectivity index (χ3n) is 2.58. The van der Waals surface area contributed by atoms with Gasteiger partial charge in [0.2, 0.25) is 10.0 Å². The lowest BCUT2D eigenvalue weighted by molar-refractivity contribution is 0.0307. The van der Waals surface area contributed by atoms with E-state index in [1.54, 1.807) is 30.0 Å². The molecule has 1 aliphatic rings. The molecule has 0 unspecified atom stereocenters. The zero-order chi connectivity index (χ0) is 12.0. The van der Waals surface area contributed by atoms with E-state index >= 15 is 0 Å². The molecule has 88 valence electrons. The smallest absolute Gasteiger partial charge is 0.240 e. The van der Waals surface area contributed by atoms with Crippen molar-refractivity contribution in [3.8, 4) is 0 Å². The molecule has 1 fully saturated rings. The first-order chi connectivity index (χ1) is 7.30. The molecule has 1 aliphatic heterocycles. The van der Waals surface area contributed by atoms with Crippen LogP contribution in [0.3, 0.4) is 0 Å². The van der Waals surface area contributed by atoms with Crippen LogP contribution in [0.1, 0.15) is 6.92 Å². The fourth-order valence-corrected chi connectivity index (χ4v) is 2.66. The normalized spacial score (nSPS) is 19.3. The maximum atomic E-state index is 11.3. The SMILES string of the molecule is CC1(O)CN(c2ccccc2S(N)(=O)=O)C1. The molecular weight excluding hydrogens is 228 g/mol. The summed E-state index contributed by atoms with van der Waals surface area (Å²) >= 11 is 0. The molecule has 0 aromatic heterocycles. The van der Waals surface area contributed by atoms with Gasteiger partial charge in [0.1, 0.15) is 4.90 Å². The molecule has 2 rings (SSSR count). The molecule has 3 N–H and O–H groups in total. The average molecular weight is 242 g/mol. The van der Waals surface area contributed by atoms with Crippen LogP contribution in [-0.4, -0.2) is 32.2 Å². The molecule has 0 bridgehead atoms. The second-order valence-corrected chi connectivity index (χ2v) is 5.90. The van der Waals surface area contributed by atoms with Crippen molar-refractivity contribution in [1.29, 1.82) is 0 Å². The van der Waals surface area contributed by atoms with Gasteiger partial charge in [-0.05, 0) is 19.1 Å². The fourth-order valence-electron chi connectivity index (χ4n) is 1.91. The van der Waals surface area contributed by atoms with E-state index < -0.39 is 15.6 Å². The molecule has 0 amide bonds. The molecule has 5 nitrogen and oxygen atoms in total. The van der Waals surface area contributed by atoms with Crippen molar-refractivity contribution in [2.75, 3.05) is 18.0 Å². The first kappa shape index (κ1) is 11.4. The van der Waals surface area contributed by atoms with Crippen molar-refractivity contribution in [2.24, 2.45) is 5.14 Å². The van der Waals surface area contributed by atoms with Crippen LogP contribution in [0.2, 0.25) is 0 Å². The lowest BCUT2D eigenvalue weighted by atomic mass is 9.96. The third-order valence-corrected chi connectivity index (χ3v) is 3.53. The van der Waals surface area contributed by atoms with E-state index in [9.17, 15) is 13.5 Å². The zero-order valence-corrected chi connectivity index (χ0v) is 9.74. The summed E-state index contributed by atoms with van der Waals surface area (Å²) in [6, 6.07) is 6.53. The Balaban J connectivity index is 2.36. The summed E-state index contributed by atoms with van der Waals surface area (Å²) in [6.45, 7) is 2.54. The van der Waals surface area contributed by atoms with Crippen molar-refractivity contribution in [1.82, 2.24) is 0 Å². The highest BCUT2D eigenvalue weighted by Crippen LogP contribution is 2.31. The fraction of sp³-hybridized carbons (Fsp3) is 0.400. The second-order valence-electron chi connectivity index (χ2n) is 4.37. The molecule has 0 spiro atoms. The summed E-state index contributed by atoms with van der Waals surface area (Å²) in [7, 11) is -3.72. The van der Waals surface area contributed by atoms with Crippen molar-refractivity contribution >= 4 is 15.7 Å². The van der Waals surface area contributed by atoms with E-state index in [-0.39, 0.29) is 4.90 Å². The van der Waals surface area contributed by atoms with Gasteiger partial charge in [-0.15, -0.1) is 0 Å². The molecule has 1 heterocycles. The maximum Gasteiger partial charge on any atom is 0.240 e. The Morgan fingerprint density at radius 3 is 2.44 bits per heavy atom. The zero-order valence-electron chi connectivity index (χ0n) is 8.92. The predicted octanol–water partition coefficient (Wildman–Crippen LogP) is -0.0950. The van der Waals surface area contributed by atoms with Crippen LogP contribution >= 0.6 is 0 Å². The van der Waals surface area contributed by atoms with Gasteiger partial charge in [0.15, 0.2) is 0 Å². The number of β-amino-alcohol motifs (C(OH)–C–C–N with tert-alkyl or cyclic N) is 1. The monoisotopic (exact) mass is 242 g/mol. The Morgan fingerprint density at radius 2 is 1.94 bits per heavy atom. The number of rotatable bonds is 2. The first-order valence-electron chi connectivity index (χ1n) is 4.89. The van der Waals surface area contributed by atoms with E-state index in [2.05, 4.69) is 0 Å². The highest BCUT2D eigenvalue weighted by Gasteiger charge is 2.38. The average Bonchev–Trinajstić information content (AvgIpc) is 2.12. The summed E-state index contributed by atoms with van der Waals surface area (Å²) in [4.78, 5) is 1.89. The van der Waals surface area contributed by atoms with Crippen LogP contribution in [0.5, 0.6) is 0 Å². The van der Waals surface area contributed by atoms with E-state index in [1.807, 2.05) is 0 Å². The number of aliphatic hydroxyl groups is 1. The molecule has 16 heavy (non-hydrogen) atoms. The van der Waals surface area contributed by atoms with Crippen LogP contribution in [0, 0.1) is 0 Å². The topological polar surface area (TPSA) is 83.6 Å². The van der Waals surface area contributed by atoms with Crippen molar-refractivity contribution in [3.63, 3.8) is 0 Å². The third kappa shape index (κ3) is 2.04. The van der Waals surface area contributed by atoms with Gasteiger partial charge in [0.05, 0.1) is 11.3 Å². The van der Waals surface area contributed by atoms with Gasteiger partial charge in [-0.3, -0.25) is 0 Å². The van der Waals surface area contributed by atoms with E-state index in [0.717, 1.165) is 0 Å². The minimum Gasteiger partial charge on any atom is -0.386 e. The Bertz CT molecular complexity index is 503. The van der Waals surface area contributed by atoms with Gasteiger partial charge in [0.25, 0.3) is 0 Å². The number of benzene rings is 1. The van der Waals surface area contributed by atoms with E-state index in [0.29, 0.717) is 18.8 Å². The summed E-state index contributed by atoms with van der Waals surface area (Å²) in [5.74, 6) is 0. The molecule has 0 atom stereocenters. The molecule has 1 saturated heterocycles. The van der Waals surface area contributed by atoms with Crippen molar-refractivity contribution in [3.05, 3.63) is 24.3 Å². The quantitative estimate of drug-likeness (QED) is 0.759. The van der Waals surface area contributed by atoms with Crippen molar-refractivity contribution < 1.29 is 13.5 Å². The minimum atomic E-state index is -3.72. The van der Waals surface area contributed by atoms with Crippen LogP contribution in [-0.2, 0) is 10.0 Å². The highest BCUT2D eigenvalue weighted by atomic mass is 32.2. The number of anilines is 1. The number of sulfonamides is 1. The lowest BCUT2D eigenvalue weighted by Crippen LogP contribution is -2.60. The van der Waals surface area contributed by atoms with Gasteiger partial charge in [-0.1, -0.05) is 12.1 Å². The lowest BCUT2D eigenvalue weighted by Gasteiger charge is -2.46. The number of nitrogens with two attached hydrogens (primary N) is 1. The molecule has 6 heteroatoms. The Labute approximate surface area is 94.5 Å². The van der Waals surface area contributed by atoms with Gasteiger partial charge in [0, 0.05) is 13.1 Å². The number of hydrogen-bond donors (Lipinski definition) is 2. The first-order valence-corrected chi connectivity index (χ1v) is 6.43. The number of hydrogen-bond acceptors (Lipinski definition) is 4. The summed E-state index contributed by atoms with van der Waals surface area (Å²) in [6.07, 6.45) is 0. The highest BCUT2D eigenvalue weighted by molar-refractivity contribution is 7.89. The maximum absolute atomic E-state index is 11.3. The Hall–Kier alpha value is -1.11. The van der Waals surface area contributed by atoms with Crippen LogP contribution in [0.15, 0.2) is 29.2 Å².